The monoisotopic (exact) mass is 401 g/mol. The quantitative estimate of drug-likeness (QED) is 0.368. The minimum Gasteiger partial charge on any atom is -0.411 e. The van der Waals surface area contributed by atoms with Crippen LogP contribution in [0.3, 0.4) is 0 Å². The van der Waals surface area contributed by atoms with Crippen molar-refractivity contribution in [2.75, 3.05) is 0 Å². The summed E-state index contributed by atoms with van der Waals surface area (Å²) in [4.78, 5) is 0. The molecule has 2 nitrogen and oxygen atoms in total. The van der Waals surface area contributed by atoms with Gasteiger partial charge in [0.1, 0.15) is 0 Å². The first-order valence-electron chi connectivity index (χ1n) is 13.0. The molecule has 0 aromatic heterocycles. The van der Waals surface area contributed by atoms with E-state index >= 15 is 0 Å². The molecule has 29 heavy (non-hydrogen) atoms. The standard InChI is InChI=1S/C27H47NO/c1-18(2)7-6-8-19(3)23-11-12-24-22-10-9-20-17-21(28-29)13-15-26(20,4)25(22)14-16-27(23,24)5/h18-20,22-25,29H,6-17H2,1-5H3/b28-21+/t19-,20?,22+,23-,24+,25+,26+,27-/m1/s1. The molecule has 0 amide bonds. The Labute approximate surface area is 180 Å². The molecule has 0 radical (unpaired) electrons. The number of fused-ring (bicyclic) bond motifs is 5. The number of oxime groups is 1. The predicted molar refractivity (Wildman–Crippen MR) is 122 cm³/mol. The van der Waals surface area contributed by atoms with Crippen LogP contribution in [-0.4, -0.2) is 10.9 Å². The van der Waals surface area contributed by atoms with E-state index in [1.165, 1.54) is 64.2 Å². The van der Waals surface area contributed by atoms with Crippen molar-refractivity contribution in [1.82, 2.24) is 0 Å². The summed E-state index contributed by atoms with van der Waals surface area (Å²) in [6.07, 6.45) is 16.4. The summed E-state index contributed by atoms with van der Waals surface area (Å²) in [6.45, 7) is 12.6. The van der Waals surface area contributed by atoms with Crippen molar-refractivity contribution in [3.8, 4) is 0 Å². The van der Waals surface area contributed by atoms with Crippen molar-refractivity contribution in [3.05, 3.63) is 0 Å². The number of rotatable bonds is 5. The highest BCUT2D eigenvalue weighted by Crippen LogP contribution is 2.68. The average Bonchev–Trinajstić information content (AvgIpc) is 3.04. The van der Waals surface area contributed by atoms with Crippen LogP contribution >= 0.6 is 0 Å². The van der Waals surface area contributed by atoms with Gasteiger partial charge in [0, 0.05) is 0 Å². The van der Waals surface area contributed by atoms with Gasteiger partial charge in [-0.15, -0.1) is 0 Å². The van der Waals surface area contributed by atoms with E-state index in [2.05, 4.69) is 39.8 Å². The van der Waals surface area contributed by atoms with E-state index in [0.717, 1.165) is 60.0 Å². The Bertz CT molecular complexity index is 612. The smallest absolute Gasteiger partial charge is 0.0574 e. The summed E-state index contributed by atoms with van der Waals surface area (Å²) in [5.74, 6) is 6.36. The zero-order valence-electron chi connectivity index (χ0n) is 19.9. The maximum absolute atomic E-state index is 9.32. The third kappa shape index (κ3) is 3.69. The molecule has 0 heterocycles. The molecule has 1 unspecified atom stereocenters. The summed E-state index contributed by atoms with van der Waals surface area (Å²) in [7, 11) is 0. The molecular weight excluding hydrogens is 354 g/mol. The summed E-state index contributed by atoms with van der Waals surface area (Å²) in [5, 5.41) is 12.9. The summed E-state index contributed by atoms with van der Waals surface area (Å²) < 4.78 is 0. The van der Waals surface area contributed by atoms with Crippen LogP contribution in [0.5, 0.6) is 0 Å². The van der Waals surface area contributed by atoms with E-state index < -0.39 is 0 Å². The first-order chi connectivity index (χ1) is 13.8. The average molecular weight is 402 g/mol. The number of nitrogens with zero attached hydrogens (tertiary/aromatic N) is 1. The van der Waals surface area contributed by atoms with Crippen LogP contribution < -0.4 is 0 Å². The van der Waals surface area contributed by atoms with E-state index in [1.54, 1.807) is 0 Å². The second kappa shape index (κ2) is 8.19. The van der Waals surface area contributed by atoms with Crippen LogP contribution in [-0.2, 0) is 0 Å². The van der Waals surface area contributed by atoms with Gasteiger partial charge >= 0.3 is 0 Å². The first kappa shape index (κ1) is 21.7. The third-order valence-corrected chi connectivity index (χ3v) is 10.8. The molecule has 166 valence electrons. The van der Waals surface area contributed by atoms with Gasteiger partial charge in [-0.05, 0) is 110 Å². The van der Waals surface area contributed by atoms with Crippen LogP contribution in [0.1, 0.15) is 112 Å². The molecule has 8 atom stereocenters. The van der Waals surface area contributed by atoms with Gasteiger partial charge in [-0.2, -0.15) is 0 Å². The minimum atomic E-state index is 0.499. The predicted octanol–water partition coefficient (Wildman–Crippen LogP) is 7.94. The molecule has 0 spiro atoms. The Morgan fingerprint density at radius 1 is 0.931 bits per heavy atom. The summed E-state index contributed by atoms with van der Waals surface area (Å²) in [5.41, 5.74) is 2.18. The molecule has 4 rings (SSSR count). The van der Waals surface area contributed by atoms with E-state index in [0.29, 0.717) is 10.8 Å². The minimum absolute atomic E-state index is 0.499. The molecule has 4 aliphatic rings. The molecule has 2 heteroatoms. The fraction of sp³-hybridized carbons (Fsp3) is 0.963. The molecule has 0 bridgehead atoms. The van der Waals surface area contributed by atoms with Crippen LogP contribution in [0, 0.1) is 52.3 Å². The van der Waals surface area contributed by atoms with Gasteiger partial charge in [-0.1, -0.05) is 59.0 Å². The van der Waals surface area contributed by atoms with Gasteiger partial charge in [0.25, 0.3) is 0 Å². The van der Waals surface area contributed by atoms with Crippen molar-refractivity contribution in [1.29, 1.82) is 0 Å². The Hall–Kier alpha value is -0.530. The largest absolute Gasteiger partial charge is 0.411 e. The second-order valence-electron chi connectivity index (χ2n) is 12.6. The van der Waals surface area contributed by atoms with Crippen molar-refractivity contribution in [2.45, 2.75) is 112 Å². The number of hydrogen-bond donors (Lipinski definition) is 1. The Morgan fingerprint density at radius 2 is 1.69 bits per heavy atom. The van der Waals surface area contributed by atoms with Gasteiger partial charge in [-0.25, -0.2) is 0 Å². The molecule has 0 aliphatic heterocycles. The molecule has 1 N–H and O–H groups in total. The fourth-order valence-corrected chi connectivity index (χ4v) is 9.18. The molecule has 0 aromatic carbocycles. The second-order valence-corrected chi connectivity index (χ2v) is 12.6. The zero-order valence-corrected chi connectivity index (χ0v) is 19.9. The lowest BCUT2D eigenvalue weighted by Crippen LogP contribution is -2.53. The maximum Gasteiger partial charge on any atom is 0.0574 e. The molecule has 4 fully saturated rings. The molecular formula is C27H47NO. The maximum atomic E-state index is 9.32. The van der Waals surface area contributed by atoms with Gasteiger partial charge in [0.2, 0.25) is 0 Å². The lowest BCUT2D eigenvalue weighted by molar-refractivity contribution is -0.105. The summed E-state index contributed by atoms with van der Waals surface area (Å²) in [6, 6.07) is 0. The highest BCUT2D eigenvalue weighted by molar-refractivity contribution is 5.85. The van der Waals surface area contributed by atoms with Crippen molar-refractivity contribution < 1.29 is 5.21 Å². The molecule has 0 aromatic rings. The van der Waals surface area contributed by atoms with Crippen LogP contribution in [0.2, 0.25) is 0 Å². The van der Waals surface area contributed by atoms with Crippen molar-refractivity contribution in [3.63, 3.8) is 0 Å². The van der Waals surface area contributed by atoms with E-state index in [1.807, 2.05) is 0 Å². The molecule has 4 aliphatic carbocycles. The Kier molecular flexibility index (Phi) is 6.13. The highest BCUT2D eigenvalue weighted by Gasteiger charge is 2.60. The Morgan fingerprint density at radius 3 is 2.41 bits per heavy atom. The van der Waals surface area contributed by atoms with Gasteiger partial charge in [0.05, 0.1) is 5.71 Å². The van der Waals surface area contributed by atoms with Crippen LogP contribution in [0.4, 0.5) is 0 Å². The lowest BCUT2D eigenvalue weighted by atomic mass is 9.44. The zero-order chi connectivity index (χ0) is 20.8. The van der Waals surface area contributed by atoms with Crippen molar-refractivity contribution >= 4 is 5.71 Å². The summed E-state index contributed by atoms with van der Waals surface area (Å²) >= 11 is 0. The first-order valence-corrected chi connectivity index (χ1v) is 13.0. The van der Waals surface area contributed by atoms with Gasteiger partial charge in [0.15, 0.2) is 0 Å². The van der Waals surface area contributed by atoms with Gasteiger partial charge < -0.3 is 5.21 Å². The molecule has 4 saturated carbocycles. The SMILES string of the molecule is CC(C)CCC[C@@H](C)[C@H]1CC[C@H]2[C@@H]3CCC4C/C(=N/O)CC[C@]4(C)[C@H]3CC[C@]12C. The van der Waals surface area contributed by atoms with E-state index in [4.69, 9.17) is 0 Å². The van der Waals surface area contributed by atoms with Crippen molar-refractivity contribution in [2.24, 2.45) is 57.4 Å². The van der Waals surface area contributed by atoms with Gasteiger partial charge in [-0.3, -0.25) is 0 Å². The van der Waals surface area contributed by atoms with E-state index in [9.17, 15) is 5.21 Å². The van der Waals surface area contributed by atoms with Crippen LogP contribution in [0.15, 0.2) is 5.16 Å². The van der Waals surface area contributed by atoms with E-state index in [-0.39, 0.29) is 0 Å². The lowest BCUT2D eigenvalue weighted by Gasteiger charge is -2.60. The third-order valence-electron chi connectivity index (χ3n) is 10.8. The topological polar surface area (TPSA) is 32.6 Å². The normalized spacial score (nSPS) is 47.0. The number of hydrogen-bond acceptors (Lipinski definition) is 2. The Balaban J connectivity index is 1.46. The molecule has 0 saturated heterocycles. The van der Waals surface area contributed by atoms with Crippen LogP contribution in [0.25, 0.3) is 0 Å². The highest BCUT2D eigenvalue weighted by atomic mass is 16.4. The fourth-order valence-electron chi connectivity index (χ4n) is 9.18.